The van der Waals surface area contributed by atoms with E-state index in [4.69, 9.17) is 15.9 Å². The number of para-hydroxylation sites is 2. The highest BCUT2D eigenvalue weighted by Gasteiger charge is 2.23. The lowest BCUT2D eigenvalue weighted by molar-refractivity contribution is 0.603. The number of fused-ring (bicyclic) bond motifs is 3. The average molecular weight is 585 g/mol. The second-order valence-corrected chi connectivity index (χ2v) is 12.1. The van der Waals surface area contributed by atoms with Gasteiger partial charge in [-0.05, 0) is 89.1 Å². The highest BCUT2D eigenvalue weighted by atomic mass is 16.3. The molecule has 0 amide bonds. The summed E-state index contributed by atoms with van der Waals surface area (Å²) in [5.74, 6) is 0. The van der Waals surface area contributed by atoms with Gasteiger partial charge in [0, 0.05) is 22.0 Å². The normalized spacial score (nSPS) is 13.3. The van der Waals surface area contributed by atoms with Gasteiger partial charge in [-0.15, -0.1) is 0 Å². The number of benzene rings is 6. The Morgan fingerprint density at radius 3 is 2.04 bits per heavy atom. The van der Waals surface area contributed by atoms with Gasteiger partial charge in [-0.25, -0.2) is 0 Å². The minimum absolute atomic E-state index is 0.592. The molecular weight excluding hydrogens is 548 g/mol. The summed E-state index contributed by atoms with van der Waals surface area (Å²) in [6, 6.07) is 46.3. The van der Waals surface area contributed by atoms with Crippen molar-refractivity contribution < 1.29 is 4.42 Å². The highest BCUT2D eigenvalue weighted by molar-refractivity contribution is 6.10. The van der Waals surface area contributed by atoms with Crippen LogP contribution in [0, 0.1) is 6.92 Å². The number of anilines is 1. The minimum Gasteiger partial charge on any atom is -0.455 e. The van der Waals surface area contributed by atoms with Crippen molar-refractivity contribution in [1.29, 1.82) is 0 Å². The number of nitrogens with two attached hydrogens (primary N) is 2. The molecule has 7 aromatic rings. The van der Waals surface area contributed by atoms with Crippen LogP contribution >= 0.6 is 0 Å². The lowest BCUT2D eigenvalue weighted by Crippen LogP contribution is -2.34. The van der Waals surface area contributed by atoms with E-state index in [2.05, 4.69) is 142 Å². The molecular formula is C42H36N2O. The molecule has 1 heterocycles. The predicted octanol–water partition coefficient (Wildman–Crippen LogP) is 10.6. The van der Waals surface area contributed by atoms with Crippen molar-refractivity contribution in [2.24, 2.45) is 5.73 Å². The van der Waals surface area contributed by atoms with E-state index in [0.29, 0.717) is 0 Å². The van der Waals surface area contributed by atoms with E-state index < -0.39 is 5.54 Å². The number of hydrogen-bond donors (Lipinski definition) is 2. The molecule has 0 aliphatic heterocycles. The first kappa shape index (κ1) is 28.4. The van der Waals surface area contributed by atoms with Crippen molar-refractivity contribution in [2.45, 2.75) is 26.3 Å². The van der Waals surface area contributed by atoms with Crippen LogP contribution in [-0.4, -0.2) is 0 Å². The molecule has 45 heavy (non-hydrogen) atoms. The van der Waals surface area contributed by atoms with Crippen LogP contribution in [0.4, 0.5) is 5.69 Å². The fraction of sp³-hybridized carbons (Fsp3) is 0.0952. The lowest BCUT2D eigenvalue weighted by Gasteiger charge is -2.26. The molecule has 1 atom stereocenters. The molecule has 3 nitrogen and oxygen atoms in total. The average Bonchev–Trinajstić information content (AvgIpc) is 3.46. The van der Waals surface area contributed by atoms with Gasteiger partial charge < -0.3 is 15.9 Å². The molecule has 0 saturated heterocycles. The van der Waals surface area contributed by atoms with Crippen LogP contribution < -0.4 is 11.5 Å². The lowest BCUT2D eigenvalue weighted by atomic mass is 9.84. The van der Waals surface area contributed by atoms with Crippen LogP contribution in [0.1, 0.15) is 41.7 Å². The second kappa shape index (κ2) is 11.3. The zero-order valence-electron chi connectivity index (χ0n) is 25.8. The van der Waals surface area contributed by atoms with Gasteiger partial charge in [0.05, 0.1) is 5.54 Å². The van der Waals surface area contributed by atoms with Crippen LogP contribution in [0.3, 0.4) is 0 Å². The van der Waals surface area contributed by atoms with Crippen molar-refractivity contribution in [3.8, 4) is 22.3 Å². The van der Waals surface area contributed by atoms with E-state index in [1.165, 1.54) is 0 Å². The summed E-state index contributed by atoms with van der Waals surface area (Å²) in [6.07, 6.45) is 2.15. The summed E-state index contributed by atoms with van der Waals surface area (Å²) in [7, 11) is 0. The molecule has 0 fully saturated rings. The third-order valence-corrected chi connectivity index (χ3v) is 9.00. The Morgan fingerprint density at radius 2 is 1.29 bits per heavy atom. The maximum absolute atomic E-state index is 6.82. The molecule has 0 aliphatic rings. The Bertz CT molecular complexity index is 2200. The molecule has 0 bridgehead atoms. The van der Waals surface area contributed by atoms with Crippen molar-refractivity contribution in [1.82, 2.24) is 0 Å². The van der Waals surface area contributed by atoms with Gasteiger partial charge in [0.25, 0.3) is 0 Å². The first-order chi connectivity index (χ1) is 21.8. The Morgan fingerprint density at radius 1 is 0.644 bits per heavy atom. The Balaban J connectivity index is 1.15. The molecule has 1 unspecified atom stereocenters. The number of allylic oxidation sites excluding steroid dienone is 1. The van der Waals surface area contributed by atoms with Crippen LogP contribution in [-0.2, 0) is 5.54 Å². The van der Waals surface area contributed by atoms with Crippen molar-refractivity contribution in [3.63, 3.8) is 0 Å². The SMILES string of the molecule is C/C(=C\c1ccc(-c2ccc(-c3cccc4c3oc3c(C)cccc34)cc2)cc1N)c1cccc(C(C)(N)c2ccccc2)c1. The highest BCUT2D eigenvalue weighted by Crippen LogP contribution is 2.38. The predicted molar refractivity (Wildman–Crippen MR) is 191 cm³/mol. The van der Waals surface area contributed by atoms with E-state index in [9.17, 15) is 0 Å². The maximum atomic E-state index is 6.82. The van der Waals surface area contributed by atoms with Gasteiger partial charge in [-0.3, -0.25) is 0 Å². The van der Waals surface area contributed by atoms with E-state index in [0.717, 1.165) is 83.3 Å². The van der Waals surface area contributed by atoms with Gasteiger partial charge in [-0.2, -0.15) is 0 Å². The third kappa shape index (κ3) is 5.22. The zero-order valence-corrected chi connectivity index (χ0v) is 25.8. The first-order valence-electron chi connectivity index (χ1n) is 15.3. The fourth-order valence-corrected chi connectivity index (χ4v) is 6.27. The molecule has 4 N–H and O–H groups in total. The summed E-state index contributed by atoms with van der Waals surface area (Å²) in [6.45, 7) is 6.27. The quantitative estimate of drug-likeness (QED) is 0.151. The summed E-state index contributed by atoms with van der Waals surface area (Å²) in [5.41, 5.74) is 26.4. The molecule has 220 valence electrons. The molecule has 3 heteroatoms. The summed E-state index contributed by atoms with van der Waals surface area (Å²) < 4.78 is 6.39. The topological polar surface area (TPSA) is 65.2 Å². The van der Waals surface area contributed by atoms with Crippen molar-refractivity contribution in [3.05, 3.63) is 161 Å². The van der Waals surface area contributed by atoms with Crippen LogP contribution in [0.2, 0.25) is 0 Å². The summed E-state index contributed by atoms with van der Waals surface area (Å²) in [4.78, 5) is 0. The largest absolute Gasteiger partial charge is 0.455 e. The van der Waals surface area contributed by atoms with Crippen LogP contribution in [0.25, 0.3) is 55.8 Å². The van der Waals surface area contributed by atoms with Gasteiger partial charge >= 0.3 is 0 Å². The number of rotatable bonds is 6. The minimum atomic E-state index is -0.592. The number of hydrogen-bond acceptors (Lipinski definition) is 3. The second-order valence-electron chi connectivity index (χ2n) is 12.1. The summed E-state index contributed by atoms with van der Waals surface area (Å²) in [5, 5.41) is 2.29. The van der Waals surface area contributed by atoms with Crippen LogP contribution in [0.15, 0.2) is 138 Å². The van der Waals surface area contributed by atoms with Gasteiger partial charge in [-0.1, -0.05) is 121 Å². The molecule has 0 spiro atoms. The molecule has 1 aromatic heterocycles. The number of furan rings is 1. The van der Waals surface area contributed by atoms with Gasteiger partial charge in [0.1, 0.15) is 11.2 Å². The first-order valence-corrected chi connectivity index (χ1v) is 15.3. The van der Waals surface area contributed by atoms with E-state index in [-0.39, 0.29) is 0 Å². The third-order valence-electron chi connectivity index (χ3n) is 9.00. The van der Waals surface area contributed by atoms with Gasteiger partial charge in [0.2, 0.25) is 0 Å². The van der Waals surface area contributed by atoms with E-state index >= 15 is 0 Å². The molecule has 6 aromatic carbocycles. The number of nitrogen functional groups attached to an aromatic ring is 1. The van der Waals surface area contributed by atoms with E-state index in [1.807, 2.05) is 18.2 Å². The molecule has 0 saturated carbocycles. The van der Waals surface area contributed by atoms with Gasteiger partial charge in [0.15, 0.2) is 0 Å². The van der Waals surface area contributed by atoms with Crippen molar-refractivity contribution in [2.75, 3.05) is 5.73 Å². The molecule has 7 rings (SSSR count). The van der Waals surface area contributed by atoms with Crippen molar-refractivity contribution >= 4 is 39.3 Å². The standard InChI is InChI=1S/C42H36N2O/c1-27-10-7-16-37-38-17-9-15-36(41(38)45-40(27)37)30-20-18-29(19-21-30)32-22-23-33(39(43)26-32)24-28(2)31-11-8-14-35(25-31)42(3,44)34-12-5-4-6-13-34/h4-26H,43-44H2,1-3H3/b28-24+. The zero-order chi connectivity index (χ0) is 31.1. The maximum Gasteiger partial charge on any atom is 0.143 e. The van der Waals surface area contributed by atoms with Crippen LogP contribution in [0.5, 0.6) is 0 Å². The Hall–Kier alpha value is -5.38. The fourth-order valence-electron chi connectivity index (χ4n) is 6.27. The number of aryl methyl sites for hydroxylation is 1. The smallest absolute Gasteiger partial charge is 0.143 e. The molecule has 0 aliphatic carbocycles. The summed E-state index contributed by atoms with van der Waals surface area (Å²) >= 11 is 0. The monoisotopic (exact) mass is 584 g/mol. The van der Waals surface area contributed by atoms with E-state index in [1.54, 1.807) is 0 Å². The Kier molecular flexibility index (Phi) is 7.12. The Labute approximate surface area is 264 Å². The molecule has 0 radical (unpaired) electrons.